The Morgan fingerprint density at radius 1 is 1.12 bits per heavy atom. The molecule has 4 atom stereocenters. The van der Waals surface area contributed by atoms with Crippen LogP contribution in [0.1, 0.15) is 113 Å². The van der Waals surface area contributed by atoms with Gasteiger partial charge in [0.25, 0.3) is 0 Å². The number of carbonyl (C=O) groups excluding carboxylic acids is 2. The zero-order valence-electron chi connectivity index (χ0n) is 26.0. The molecule has 3 aliphatic heterocycles. The van der Waals surface area contributed by atoms with Crippen molar-refractivity contribution < 1.29 is 9.59 Å². The molecule has 1 aliphatic carbocycles. The first-order chi connectivity index (χ1) is 21.0. The van der Waals surface area contributed by atoms with Crippen molar-refractivity contribution in [2.75, 3.05) is 26.2 Å². The van der Waals surface area contributed by atoms with Crippen molar-refractivity contribution in [1.82, 2.24) is 25.1 Å². The molecule has 1 aromatic heterocycles. The summed E-state index contributed by atoms with van der Waals surface area (Å²) in [6.45, 7) is 13.7. The number of ketones is 1. The summed E-state index contributed by atoms with van der Waals surface area (Å²) in [6.07, 6.45) is 16.4. The summed E-state index contributed by atoms with van der Waals surface area (Å²) in [4.78, 5) is 39.0. The maximum absolute atomic E-state index is 13.7. The maximum Gasteiger partial charge on any atom is 0.224 e. The van der Waals surface area contributed by atoms with Crippen LogP contribution in [0.15, 0.2) is 49.7 Å². The first-order valence-electron chi connectivity index (χ1n) is 16.7. The van der Waals surface area contributed by atoms with E-state index in [4.69, 9.17) is 4.98 Å². The van der Waals surface area contributed by atoms with Gasteiger partial charge in [0.15, 0.2) is 0 Å². The summed E-state index contributed by atoms with van der Waals surface area (Å²) >= 11 is 0. The average Bonchev–Trinajstić information content (AvgIpc) is 3.32. The van der Waals surface area contributed by atoms with Crippen LogP contribution in [0.4, 0.5) is 0 Å². The Morgan fingerprint density at radius 3 is 2.67 bits per heavy atom. The maximum atomic E-state index is 13.7. The van der Waals surface area contributed by atoms with Crippen LogP contribution >= 0.6 is 0 Å². The molecular formula is C36H49N5O2. The lowest BCUT2D eigenvalue weighted by Gasteiger charge is -2.32. The summed E-state index contributed by atoms with van der Waals surface area (Å²) in [7, 11) is 0. The van der Waals surface area contributed by atoms with Crippen molar-refractivity contribution >= 4 is 11.7 Å². The fraction of sp³-hybridized carbons (Fsp3) is 0.583. The van der Waals surface area contributed by atoms with E-state index in [-0.39, 0.29) is 23.3 Å². The molecule has 2 aromatic rings. The van der Waals surface area contributed by atoms with Gasteiger partial charge >= 0.3 is 0 Å². The first-order valence-corrected chi connectivity index (χ1v) is 16.7. The Balaban J connectivity index is 1.16. The minimum absolute atomic E-state index is 0.0984. The molecule has 3 fully saturated rings. The van der Waals surface area contributed by atoms with E-state index in [1.807, 2.05) is 25.3 Å². The number of imidazole rings is 1. The number of likely N-dealkylation sites (tertiary alicyclic amines) is 1. The van der Waals surface area contributed by atoms with E-state index in [1.54, 1.807) is 0 Å². The van der Waals surface area contributed by atoms with Crippen LogP contribution in [0.5, 0.6) is 0 Å². The molecule has 1 aromatic carbocycles. The zero-order valence-corrected chi connectivity index (χ0v) is 26.0. The molecule has 1 amide bonds. The Morgan fingerprint density at radius 2 is 1.91 bits per heavy atom. The number of carbonyl (C=O) groups is 2. The highest BCUT2D eigenvalue weighted by Crippen LogP contribution is 2.59. The smallest absolute Gasteiger partial charge is 0.224 e. The quantitative estimate of drug-likeness (QED) is 0.177. The second-order valence-electron chi connectivity index (χ2n) is 13.3. The lowest BCUT2D eigenvalue weighted by Crippen LogP contribution is -2.38. The number of hydrogen-bond acceptors (Lipinski definition) is 5. The number of nitrogens with zero attached hydrogens (tertiary/aromatic N) is 3. The minimum atomic E-state index is -0.160. The molecule has 2 bridgehead atoms. The van der Waals surface area contributed by atoms with Gasteiger partial charge in [0.05, 0.1) is 17.9 Å². The Kier molecular flexibility index (Phi) is 9.01. The first kappa shape index (κ1) is 30.0. The summed E-state index contributed by atoms with van der Waals surface area (Å²) in [5.41, 5.74) is 5.30. The molecule has 2 saturated heterocycles. The third-order valence-electron chi connectivity index (χ3n) is 10.8. The Hall–Kier alpha value is -3.03. The van der Waals surface area contributed by atoms with E-state index < -0.39 is 0 Å². The molecule has 2 N–H and O–H groups in total. The second kappa shape index (κ2) is 12.9. The number of aromatic amines is 1. The normalized spacial score (nSPS) is 24.5. The second-order valence-corrected chi connectivity index (χ2v) is 13.3. The van der Waals surface area contributed by atoms with Gasteiger partial charge in [0.1, 0.15) is 11.6 Å². The number of hydrogen-bond donors (Lipinski definition) is 2. The third kappa shape index (κ3) is 6.03. The predicted molar refractivity (Wildman–Crippen MR) is 171 cm³/mol. The number of nitrogens with one attached hydrogen (secondary N) is 2. The molecular weight excluding hydrogens is 534 g/mol. The number of Topliss-reactive ketones (excluding diaryl/α,β-unsaturated/α-hetero) is 1. The van der Waals surface area contributed by atoms with Crippen LogP contribution in [-0.2, 0) is 9.59 Å². The molecule has 7 nitrogen and oxygen atoms in total. The zero-order chi connectivity index (χ0) is 30.0. The van der Waals surface area contributed by atoms with Crippen LogP contribution in [-0.4, -0.2) is 57.6 Å². The number of rotatable bonds is 15. The molecule has 1 spiro atoms. The van der Waals surface area contributed by atoms with Gasteiger partial charge in [-0.3, -0.25) is 19.4 Å². The molecule has 7 heteroatoms. The monoisotopic (exact) mass is 583 g/mol. The van der Waals surface area contributed by atoms with Gasteiger partial charge in [-0.25, -0.2) is 4.98 Å². The average molecular weight is 584 g/mol. The van der Waals surface area contributed by atoms with Gasteiger partial charge in [0, 0.05) is 49.5 Å². The van der Waals surface area contributed by atoms with Crippen LogP contribution in [0, 0.1) is 11.3 Å². The molecule has 3 unspecified atom stereocenters. The fourth-order valence-corrected chi connectivity index (χ4v) is 8.25. The van der Waals surface area contributed by atoms with E-state index in [1.165, 1.54) is 29.5 Å². The highest BCUT2D eigenvalue weighted by molar-refractivity contribution is 5.83. The van der Waals surface area contributed by atoms with Crippen LogP contribution in [0.25, 0.3) is 11.3 Å². The molecule has 1 saturated carbocycles. The van der Waals surface area contributed by atoms with Crippen molar-refractivity contribution in [1.29, 1.82) is 0 Å². The highest BCUT2D eigenvalue weighted by Gasteiger charge is 2.58. The van der Waals surface area contributed by atoms with Crippen molar-refractivity contribution in [3.63, 3.8) is 0 Å². The summed E-state index contributed by atoms with van der Waals surface area (Å²) in [5, 5.41) is 3.43. The lowest BCUT2D eigenvalue weighted by atomic mass is 9.87. The van der Waals surface area contributed by atoms with Gasteiger partial charge in [-0.1, -0.05) is 50.1 Å². The Bertz CT molecular complexity index is 1340. The summed E-state index contributed by atoms with van der Waals surface area (Å²) in [6, 6.07) is 7.41. The van der Waals surface area contributed by atoms with E-state index in [2.05, 4.69) is 51.5 Å². The minimum Gasteiger partial charge on any atom is -0.346 e. The number of unbranched alkanes of at least 4 members (excludes halogenated alkanes) is 2. The molecule has 4 heterocycles. The Labute approximate surface area is 257 Å². The molecule has 4 aliphatic rings. The van der Waals surface area contributed by atoms with Gasteiger partial charge in [-0.2, -0.15) is 0 Å². The topological polar surface area (TPSA) is 81.3 Å². The van der Waals surface area contributed by atoms with Crippen LogP contribution in [0.3, 0.4) is 0 Å². The van der Waals surface area contributed by atoms with Crippen molar-refractivity contribution in [2.45, 2.75) is 95.7 Å². The summed E-state index contributed by atoms with van der Waals surface area (Å²) in [5.74, 6) is 1.45. The van der Waals surface area contributed by atoms with Crippen LogP contribution in [0.2, 0.25) is 0 Å². The fourth-order valence-electron chi connectivity index (χ4n) is 8.25. The van der Waals surface area contributed by atoms with Crippen LogP contribution < -0.4 is 5.32 Å². The standard InChI is InChI=1S/C36H49N5O2/c1-4-19-40-21-17-36(18-22-40)23-28(36)35(43)39-29(14-9-7-8-11-25(42)6-3)34-37-24-30(38-34)26-12-10-13-27-31-15-16-32(33(26)27)41(31)20-5-2/h4-5,10,12-13,24,28-29,31-32H,1-2,6-9,11,14-23H2,3H3,(H,37,38)(H,39,43)/t28-,29?,31?,32?/m1/s1. The molecule has 43 heavy (non-hydrogen) atoms. The molecule has 6 rings (SSSR count). The van der Waals surface area contributed by atoms with E-state index in [9.17, 15) is 9.59 Å². The van der Waals surface area contributed by atoms with Crippen molar-refractivity contribution in [3.05, 3.63) is 66.7 Å². The van der Waals surface area contributed by atoms with Crippen molar-refractivity contribution in [2.24, 2.45) is 11.3 Å². The number of fused-ring (bicyclic) bond motifs is 5. The lowest BCUT2D eigenvalue weighted by molar-refractivity contribution is -0.124. The van der Waals surface area contributed by atoms with E-state index >= 15 is 0 Å². The van der Waals surface area contributed by atoms with Gasteiger partial charge in [-0.15, -0.1) is 13.2 Å². The summed E-state index contributed by atoms with van der Waals surface area (Å²) < 4.78 is 0. The van der Waals surface area contributed by atoms with E-state index in [0.717, 1.165) is 82.6 Å². The van der Waals surface area contributed by atoms with Gasteiger partial charge < -0.3 is 10.3 Å². The predicted octanol–water partition coefficient (Wildman–Crippen LogP) is 6.83. The van der Waals surface area contributed by atoms with E-state index in [0.29, 0.717) is 30.7 Å². The number of amides is 1. The SMILES string of the molecule is C=CCN1CCC2(CC1)C[C@@H]2C(=O)NC(CCCCCC(=O)CC)c1ncc(-c2cccc3c2C2CCC3N2CC=C)[nH]1. The largest absolute Gasteiger partial charge is 0.346 e. The van der Waals surface area contributed by atoms with Crippen molar-refractivity contribution in [3.8, 4) is 11.3 Å². The van der Waals surface area contributed by atoms with Gasteiger partial charge in [-0.05, 0) is 74.6 Å². The number of H-pyrrole nitrogens is 1. The highest BCUT2D eigenvalue weighted by atomic mass is 16.2. The molecule has 230 valence electrons. The third-order valence-corrected chi connectivity index (χ3v) is 10.8. The molecule has 0 radical (unpaired) electrons. The number of benzene rings is 1. The van der Waals surface area contributed by atoms with Gasteiger partial charge in [0.2, 0.25) is 5.91 Å². The number of aromatic nitrogens is 2. The number of piperidine rings is 1.